The van der Waals surface area contributed by atoms with Crippen molar-refractivity contribution in [2.24, 2.45) is 0 Å². The smallest absolute Gasteiger partial charge is 0.0285 e. The molecule has 1 nitrogen and oxygen atoms in total. The molecule has 0 bridgehead atoms. The van der Waals surface area contributed by atoms with E-state index < -0.39 is 0 Å². The molecule has 1 rings (SSSR count). The Hall–Kier alpha value is 0.490. The van der Waals surface area contributed by atoms with Crippen molar-refractivity contribution >= 4 is 39.0 Å². The lowest BCUT2D eigenvalue weighted by molar-refractivity contribution is 0.575. The molecule has 0 spiro atoms. The fourth-order valence-electron chi connectivity index (χ4n) is 1.58. The largest absolute Gasteiger partial charge is 0.313 e. The van der Waals surface area contributed by atoms with Gasteiger partial charge in [0.05, 0.1) is 0 Å². The van der Waals surface area contributed by atoms with Crippen LogP contribution in [0.1, 0.15) is 32.1 Å². The second kappa shape index (κ2) is 8.57. The minimum Gasteiger partial charge on any atom is -0.313 e. The van der Waals surface area contributed by atoms with Gasteiger partial charge in [0, 0.05) is 31.8 Å². The second-order valence-corrected chi connectivity index (χ2v) is 7.63. The molecule has 0 radical (unpaired) electrons. The van der Waals surface area contributed by atoms with Crippen LogP contribution in [0, 0.1) is 0 Å². The number of thioether (sulfide) groups is 1. The summed E-state index contributed by atoms with van der Waals surface area (Å²) < 4.78 is 1.21. The standard InChI is InChI=1S/C13H22BrNS2/c1-4-10(3)16-9-12(15-5-2)7-13-6-11(14)8-17-13/h6,8,10,12,15H,4-5,7,9H2,1-3H3. The number of thiophene rings is 1. The molecule has 2 atom stereocenters. The third kappa shape index (κ3) is 6.27. The maximum absolute atomic E-state index is 3.59. The lowest BCUT2D eigenvalue weighted by atomic mass is 10.2. The van der Waals surface area contributed by atoms with Crippen LogP contribution in [-0.4, -0.2) is 23.6 Å². The molecule has 0 aliphatic rings. The molecule has 0 amide bonds. The fourth-order valence-corrected chi connectivity index (χ4v) is 4.15. The monoisotopic (exact) mass is 335 g/mol. The summed E-state index contributed by atoms with van der Waals surface area (Å²) in [6, 6.07) is 2.84. The first kappa shape index (κ1) is 15.5. The van der Waals surface area contributed by atoms with E-state index in [1.54, 1.807) is 0 Å². The van der Waals surface area contributed by atoms with Crippen molar-refractivity contribution in [3.63, 3.8) is 0 Å². The Morgan fingerprint density at radius 3 is 2.76 bits per heavy atom. The van der Waals surface area contributed by atoms with Crippen molar-refractivity contribution in [1.29, 1.82) is 0 Å². The minimum absolute atomic E-state index is 0.601. The van der Waals surface area contributed by atoms with E-state index in [2.05, 4.69) is 65.2 Å². The molecular formula is C13H22BrNS2. The van der Waals surface area contributed by atoms with Crippen LogP contribution < -0.4 is 5.32 Å². The van der Waals surface area contributed by atoms with E-state index >= 15 is 0 Å². The molecule has 0 saturated heterocycles. The third-order valence-corrected chi connectivity index (χ3v) is 5.94. The number of halogens is 1. The summed E-state index contributed by atoms with van der Waals surface area (Å²) in [6.07, 6.45) is 2.40. The molecule has 98 valence electrons. The summed E-state index contributed by atoms with van der Waals surface area (Å²) in [6.45, 7) is 7.81. The van der Waals surface area contributed by atoms with Crippen molar-refractivity contribution in [1.82, 2.24) is 5.32 Å². The van der Waals surface area contributed by atoms with Gasteiger partial charge in [0.25, 0.3) is 0 Å². The molecule has 2 unspecified atom stereocenters. The number of hydrogen-bond donors (Lipinski definition) is 1. The first-order valence-corrected chi connectivity index (χ1v) is 8.95. The minimum atomic E-state index is 0.601. The van der Waals surface area contributed by atoms with E-state index in [9.17, 15) is 0 Å². The summed E-state index contributed by atoms with van der Waals surface area (Å²) >= 11 is 7.45. The van der Waals surface area contributed by atoms with Gasteiger partial charge in [0.15, 0.2) is 0 Å². The van der Waals surface area contributed by atoms with Crippen LogP contribution in [0.4, 0.5) is 0 Å². The molecule has 1 N–H and O–H groups in total. The molecule has 0 aliphatic carbocycles. The highest BCUT2D eigenvalue weighted by molar-refractivity contribution is 9.10. The summed E-state index contributed by atoms with van der Waals surface area (Å²) in [5, 5.41) is 6.53. The summed E-state index contributed by atoms with van der Waals surface area (Å²) in [4.78, 5) is 1.47. The molecule has 0 fully saturated rings. The molecule has 1 aromatic heterocycles. The van der Waals surface area contributed by atoms with Crippen molar-refractivity contribution in [3.05, 3.63) is 20.8 Å². The Morgan fingerprint density at radius 1 is 1.47 bits per heavy atom. The van der Waals surface area contributed by atoms with Gasteiger partial charge in [-0.3, -0.25) is 0 Å². The van der Waals surface area contributed by atoms with Crippen LogP contribution in [0.15, 0.2) is 15.9 Å². The first-order chi connectivity index (χ1) is 8.15. The van der Waals surface area contributed by atoms with Gasteiger partial charge in [0.1, 0.15) is 0 Å². The van der Waals surface area contributed by atoms with E-state index in [1.165, 1.54) is 21.5 Å². The van der Waals surface area contributed by atoms with Gasteiger partial charge in [-0.1, -0.05) is 20.8 Å². The van der Waals surface area contributed by atoms with Gasteiger partial charge < -0.3 is 5.32 Å². The first-order valence-electron chi connectivity index (χ1n) is 6.23. The predicted molar refractivity (Wildman–Crippen MR) is 85.4 cm³/mol. The Balaban J connectivity index is 2.42. The Bertz CT molecular complexity index is 314. The lowest BCUT2D eigenvalue weighted by Crippen LogP contribution is -2.33. The van der Waals surface area contributed by atoms with Gasteiger partial charge in [-0.25, -0.2) is 0 Å². The van der Waals surface area contributed by atoms with Gasteiger partial charge in [-0.05, 0) is 41.4 Å². The molecule has 17 heavy (non-hydrogen) atoms. The maximum atomic E-state index is 3.59. The number of rotatable bonds is 8. The topological polar surface area (TPSA) is 12.0 Å². The van der Waals surface area contributed by atoms with Gasteiger partial charge in [-0.15, -0.1) is 11.3 Å². The highest BCUT2D eigenvalue weighted by Gasteiger charge is 2.11. The van der Waals surface area contributed by atoms with E-state index in [0.717, 1.165) is 18.2 Å². The Labute approximate surface area is 122 Å². The number of nitrogens with one attached hydrogen (secondary N) is 1. The zero-order valence-electron chi connectivity index (χ0n) is 10.8. The average Bonchev–Trinajstić information content (AvgIpc) is 2.71. The zero-order chi connectivity index (χ0) is 12.7. The Kier molecular flexibility index (Phi) is 7.84. The summed E-state index contributed by atoms with van der Waals surface area (Å²) in [5.74, 6) is 1.21. The average molecular weight is 336 g/mol. The van der Waals surface area contributed by atoms with Gasteiger partial charge in [0.2, 0.25) is 0 Å². The predicted octanol–water partition coefficient (Wildman–Crippen LogP) is 4.56. The molecular weight excluding hydrogens is 314 g/mol. The molecule has 0 saturated carbocycles. The Morgan fingerprint density at radius 2 is 2.24 bits per heavy atom. The van der Waals surface area contributed by atoms with Crippen LogP contribution in [0.3, 0.4) is 0 Å². The summed E-state index contributed by atoms with van der Waals surface area (Å²) in [5.41, 5.74) is 0. The maximum Gasteiger partial charge on any atom is 0.0285 e. The number of hydrogen-bond acceptors (Lipinski definition) is 3. The van der Waals surface area contributed by atoms with E-state index in [4.69, 9.17) is 0 Å². The van der Waals surface area contributed by atoms with E-state index in [-0.39, 0.29) is 0 Å². The van der Waals surface area contributed by atoms with Crippen molar-refractivity contribution in [3.8, 4) is 0 Å². The normalized spacial score (nSPS) is 14.8. The fraction of sp³-hybridized carbons (Fsp3) is 0.692. The second-order valence-electron chi connectivity index (χ2n) is 4.24. The van der Waals surface area contributed by atoms with Gasteiger partial charge >= 0.3 is 0 Å². The van der Waals surface area contributed by atoms with Crippen LogP contribution in [0.25, 0.3) is 0 Å². The van der Waals surface area contributed by atoms with Crippen LogP contribution >= 0.6 is 39.0 Å². The van der Waals surface area contributed by atoms with Gasteiger partial charge in [-0.2, -0.15) is 11.8 Å². The molecule has 0 aliphatic heterocycles. The van der Waals surface area contributed by atoms with Crippen molar-refractivity contribution in [2.75, 3.05) is 12.3 Å². The van der Waals surface area contributed by atoms with E-state index in [1.807, 2.05) is 11.3 Å². The molecule has 1 aromatic rings. The van der Waals surface area contributed by atoms with Crippen LogP contribution in [0.2, 0.25) is 0 Å². The third-order valence-electron chi connectivity index (χ3n) is 2.72. The molecule has 4 heteroatoms. The van der Waals surface area contributed by atoms with Crippen molar-refractivity contribution < 1.29 is 0 Å². The van der Waals surface area contributed by atoms with Crippen molar-refractivity contribution in [2.45, 2.75) is 44.9 Å². The molecule has 1 heterocycles. The zero-order valence-corrected chi connectivity index (χ0v) is 14.1. The van der Waals surface area contributed by atoms with Crippen LogP contribution in [0.5, 0.6) is 0 Å². The van der Waals surface area contributed by atoms with E-state index in [0.29, 0.717) is 6.04 Å². The highest BCUT2D eigenvalue weighted by Crippen LogP contribution is 2.22. The van der Waals surface area contributed by atoms with Crippen LogP contribution in [-0.2, 0) is 6.42 Å². The highest BCUT2D eigenvalue weighted by atomic mass is 79.9. The lowest BCUT2D eigenvalue weighted by Gasteiger charge is -2.18. The number of likely N-dealkylation sites (N-methyl/N-ethyl adjacent to an activating group) is 1. The quantitative estimate of drug-likeness (QED) is 0.747. The SMILES string of the molecule is CCNC(CSC(C)CC)Cc1cc(Br)cs1. The summed E-state index contributed by atoms with van der Waals surface area (Å²) in [7, 11) is 0. The molecule has 0 aromatic carbocycles.